The number of sulfonamides is 1. The Kier molecular flexibility index (Phi) is 6.43. The molecule has 2 aromatic rings. The number of carbonyl (C=O) groups is 1. The fourth-order valence-corrected chi connectivity index (χ4v) is 5.06. The lowest BCUT2D eigenvalue weighted by molar-refractivity contribution is 0.0940. The monoisotopic (exact) mass is 420 g/mol. The van der Waals surface area contributed by atoms with E-state index in [1.54, 1.807) is 0 Å². The molecule has 1 aliphatic rings. The van der Waals surface area contributed by atoms with Crippen molar-refractivity contribution in [3.8, 4) is 0 Å². The predicted octanol–water partition coefficient (Wildman–Crippen LogP) is 4.18. The van der Waals surface area contributed by atoms with Crippen LogP contribution in [-0.2, 0) is 16.4 Å². The number of amides is 1. The van der Waals surface area contributed by atoms with Crippen LogP contribution < -0.4 is 5.32 Å². The van der Waals surface area contributed by atoms with Crippen LogP contribution in [0.2, 0.25) is 5.02 Å². The molecule has 2 aromatic carbocycles. The Labute approximate surface area is 171 Å². The second kappa shape index (κ2) is 8.64. The average Bonchev–Trinajstić information content (AvgIpc) is 3.24. The zero-order chi connectivity index (χ0) is 20.3. The van der Waals surface area contributed by atoms with Gasteiger partial charge in [0.2, 0.25) is 10.0 Å². The van der Waals surface area contributed by atoms with Crippen molar-refractivity contribution in [1.82, 2.24) is 9.62 Å². The van der Waals surface area contributed by atoms with E-state index in [9.17, 15) is 13.2 Å². The molecule has 150 valence electrons. The second-order valence-electron chi connectivity index (χ2n) is 7.04. The van der Waals surface area contributed by atoms with Gasteiger partial charge in [-0.05, 0) is 55.5 Å². The van der Waals surface area contributed by atoms with Crippen molar-refractivity contribution in [2.75, 3.05) is 13.1 Å². The maximum atomic E-state index is 12.8. The van der Waals surface area contributed by atoms with E-state index in [1.165, 1.54) is 28.1 Å². The second-order valence-corrected chi connectivity index (χ2v) is 9.39. The van der Waals surface area contributed by atoms with Crippen molar-refractivity contribution < 1.29 is 13.2 Å². The predicted molar refractivity (Wildman–Crippen MR) is 111 cm³/mol. The summed E-state index contributed by atoms with van der Waals surface area (Å²) >= 11 is 6.20. The molecular formula is C21H25ClN2O3S. The third kappa shape index (κ3) is 4.40. The quantitative estimate of drug-likeness (QED) is 0.762. The Hall–Kier alpha value is -1.89. The molecule has 1 unspecified atom stereocenters. The molecule has 1 fully saturated rings. The number of hydrogen-bond acceptors (Lipinski definition) is 3. The maximum Gasteiger partial charge on any atom is 0.253 e. The van der Waals surface area contributed by atoms with E-state index in [1.807, 2.05) is 31.2 Å². The Bertz CT molecular complexity index is 952. The van der Waals surface area contributed by atoms with Crippen LogP contribution in [0.4, 0.5) is 0 Å². The van der Waals surface area contributed by atoms with Crippen LogP contribution in [0.25, 0.3) is 0 Å². The van der Waals surface area contributed by atoms with E-state index >= 15 is 0 Å². The SMILES string of the molecule is CCc1ccc(C(C)NC(=O)c2cc(S(=O)(=O)N3CCCC3)ccc2Cl)cc1. The minimum atomic E-state index is -3.61. The fourth-order valence-electron chi connectivity index (χ4n) is 3.32. The molecule has 0 radical (unpaired) electrons. The first-order valence-electron chi connectivity index (χ1n) is 9.52. The average molecular weight is 421 g/mol. The highest BCUT2D eigenvalue weighted by Gasteiger charge is 2.28. The number of nitrogens with one attached hydrogen (secondary N) is 1. The van der Waals surface area contributed by atoms with E-state index in [-0.39, 0.29) is 21.5 Å². The summed E-state index contributed by atoms with van der Waals surface area (Å²) < 4.78 is 27.0. The lowest BCUT2D eigenvalue weighted by Crippen LogP contribution is -2.29. The highest BCUT2D eigenvalue weighted by molar-refractivity contribution is 7.89. The molecule has 28 heavy (non-hydrogen) atoms. The zero-order valence-corrected chi connectivity index (χ0v) is 17.7. The van der Waals surface area contributed by atoms with E-state index in [0.717, 1.165) is 24.8 Å². The Morgan fingerprint density at radius 1 is 1.14 bits per heavy atom. The van der Waals surface area contributed by atoms with Gasteiger partial charge < -0.3 is 5.32 Å². The minimum absolute atomic E-state index is 0.101. The van der Waals surface area contributed by atoms with E-state index in [2.05, 4.69) is 12.2 Å². The van der Waals surface area contributed by atoms with Crippen LogP contribution >= 0.6 is 11.6 Å². The van der Waals surface area contributed by atoms with E-state index in [0.29, 0.717) is 13.1 Å². The van der Waals surface area contributed by atoms with Gasteiger partial charge in [0.15, 0.2) is 0 Å². The standard InChI is InChI=1S/C21H25ClN2O3S/c1-3-16-6-8-17(9-7-16)15(2)23-21(25)19-14-18(10-11-20(19)22)28(26,27)24-12-4-5-13-24/h6-11,14-15H,3-5,12-13H2,1-2H3,(H,23,25). The number of benzene rings is 2. The third-order valence-electron chi connectivity index (χ3n) is 5.12. The van der Waals surface area contributed by atoms with Crippen LogP contribution in [0.1, 0.15) is 54.2 Å². The van der Waals surface area contributed by atoms with Crippen molar-refractivity contribution in [2.24, 2.45) is 0 Å². The van der Waals surface area contributed by atoms with Crippen molar-refractivity contribution in [3.63, 3.8) is 0 Å². The molecule has 7 heteroatoms. The summed E-state index contributed by atoms with van der Waals surface area (Å²) in [7, 11) is -3.61. The van der Waals surface area contributed by atoms with E-state index < -0.39 is 15.9 Å². The van der Waals surface area contributed by atoms with Crippen LogP contribution in [0, 0.1) is 0 Å². The maximum absolute atomic E-state index is 12.8. The van der Waals surface area contributed by atoms with Gasteiger partial charge in [-0.1, -0.05) is 42.8 Å². The summed E-state index contributed by atoms with van der Waals surface area (Å²) in [6.07, 6.45) is 2.66. The molecular weight excluding hydrogens is 396 g/mol. The Morgan fingerprint density at radius 3 is 2.39 bits per heavy atom. The number of halogens is 1. The summed E-state index contributed by atoms with van der Waals surface area (Å²) in [5, 5.41) is 3.14. The molecule has 1 atom stereocenters. The molecule has 0 aromatic heterocycles. The molecule has 0 aliphatic carbocycles. The van der Waals surface area contributed by atoms with Crippen LogP contribution in [0.5, 0.6) is 0 Å². The molecule has 1 heterocycles. The first kappa shape index (κ1) is 20.8. The molecule has 1 saturated heterocycles. The topological polar surface area (TPSA) is 66.5 Å². The van der Waals surface area contributed by atoms with Gasteiger partial charge >= 0.3 is 0 Å². The lowest BCUT2D eigenvalue weighted by atomic mass is 10.0. The summed E-state index contributed by atoms with van der Waals surface area (Å²) in [4.78, 5) is 12.9. The number of aryl methyl sites for hydroxylation is 1. The fraction of sp³-hybridized carbons (Fsp3) is 0.381. The van der Waals surface area contributed by atoms with Gasteiger partial charge in [-0.2, -0.15) is 4.31 Å². The van der Waals surface area contributed by atoms with Crippen molar-refractivity contribution in [1.29, 1.82) is 0 Å². The smallest absolute Gasteiger partial charge is 0.253 e. The van der Waals surface area contributed by atoms with Crippen molar-refractivity contribution in [2.45, 2.75) is 44.0 Å². The normalized spacial score (nSPS) is 16.1. The summed E-state index contributed by atoms with van der Waals surface area (Å²) in [5.41, 5.74) is 2.37. The first-order valence-corrected chi connectivity index (χ1v) is 11.3. The largest absolute Gasteiger partial charge is 0.345 e. The van der Waals surface area contributed by atoms with Gasteiger partial charge in [0.05, 0.1) is 21.5 Å². The van der Waals surface area contributed by atoms with Crippen molar-refractivity contribution in [3.05, 3.63) is 64.2 Å². The Morgan fingerprint density at radius 2 is 1.79 bits per heavy atom. The molecule has 0 bridgehead atoms. The first-order chi connectivity index (χ1) is 13.3. The van der Waals surface area contributed by atoms with Gasteiger partial charge in [-0.3, -0.25) is 4.79 Å². The molecule has 1 N–H and O–H groups in total. The van der Waals surface area contributed by atoms with Crippen LogP contribution in [-0.4, -0.2) is 31.7 Å². The number of carbonyl (C=O) groups excluding carboxylic acids is 1. The Balaban J connectivity index is 1.81. The highest BCUT2D eigenvalue weighted by Crippen LogP contribution is 2.26. The van der Waals surface area contributed by atoms with E-state index in [4.69, 9.17) is 11.6 Å². The minimum Gasteiger partial charge on any atom is -0.345 e. The lowest BCUT2D eigenvalue weighted by Gasteiger charge is -2.18. The van der Waals surface area contributed by atoms with Crippen molar-refractivity contribution >= 4 is 27.5 Å². The summed E-state index contributed by atoms with van der Waals surface area (Å²) in [6.45, 7) is 5.00. The molecule has 0 spiro atoms. The van der Waals surface area contributed by atoms with Gasteiger partial charge in [-0.25, -0.2) is 8.42 Å². The molecule has 5 nitrogen and oxygen atoms in total. The number of hydrogen-bond donors (Lipinski definition) is 1. The summed E-state index contributed by atoms with van der Waals surface area (Å²) in [5.74, 6) is -0.393. The van der Waals surface area contributed by atoms with Gasteiger partial charge in [0, 0.05) is 13.1 Å². The number of rotatable bonds is 6. The summed E-state index contributed by atoms with van der Waals surface area (Å²) in [6, 6.07) is 12.1. The highest BCUT2D eigenvalue weighted by atomic mass is 35.5. The van der Waals surface area contributed by atoms with Gasteiger partial charge in [-0.15, -0.1) is 0 Å². The van der Waals surface area contributed by atoms with Gasteiger partial charge in [0.25, 0.3) is 5.91 Å². The van der Waals surface area contributed by atoms with Gasteiger partial charge in [0.1, 0.15) is 0 Å². The number of nitrogens with zero attached hydrogens (tertiary/aromatic N) is 1. The third-order valence-corrected chi connectivity index (χ3v) is 7.35. The zero-order valence-electron chi connectivity index (χ0n) is 16.1. The van der Waals surface area contributed by atoms with Crippen LogP contribution in [0.3, 0.4) is 0 Å². The molecule has 1 amide bonds. The molecule has 1 aliphatic heterocycles. The van der Waals surface area contributed by atoms with Crippen LogP contribution in [0.15, 0.2) is 47.4 Å². The molecule has 0 saturated carbocycles. The molecule has 3 rings (SSSR count).